The van der Waals surface area contributed by atoms with Crippen molar-refractivity contribution >= 4 is 0 Å². The molecule has 0 bridgehead atoms. The lowest BCUT2D eigenvalue weighted by atomic mass is 10.1. The van der Waals surface area contributed by atoms with E-state index in [4.69, 9.17) is 0 Å². The van der Waals surface area contributed by atoms with Crippen molar-refractivity contribution in [3.63, 3.8) is 0 Å². The van der Waals surface area contributed by atoms with Crippen LogP contribution in [0.5, 0.6) is 0 Å². The van der Waals surface area contributed by atoms with Crippen LogP contribution in [-0.4, -0.2) is 42.0 Å². The molecule has 2 aliphatic heterocycles. The molecule has 0 radical (unpaired) electrons. The minimum atomic E-state index is 0.791. The molecule has 3 rings (SSSR count). The average molecular weight is 258 g/mol. The van der Waals surface area contributed by atoms with Gasteiger partial charge in [-0.15, -0.1) is 0 Å². The molecule has 2 fully saturated rings. The summed E-state index contributed by atoms with van der Waals surface area (Å²) in [5.74, 6) is 0. The lowest BCUT2D eigenvalue weighted by Gasteiger charge is -2.28. The van der Waals surface area contributed by atoms with Crippen LogP contribution >= 0.6 is 0 Å². The lowest BCUT2D eigenvalue weighted by molar-refractivity contribution is 0.185. The summed E-state index contributed by atoms with van der Waals surface area (Å²) in [6.45, 7) is 8.54. The van der Waals surface area contributed by atoms with E-state index in [0.717, 1.165) is 12.6 Å². The van der Waals surface area contributed by atoms with Crippen molar-refractivity contribution in [2.24, 2.45) is 0 Å². The first-order valence-corrected chi connectivity index (χ1v) is 7.83. The van der Waals surface area contributed by atoms with Gasteiger partial charge in [-0.25, -0.2) is 0 Å². The first-order valence-electron chi connectivity index (χ1n) is 7.83. The third-order valence-corrected chi connectivity index (χ3v) is 4.67. The van der Waals surface area contributed by atoms with Crippen molar-refractivity contribution < 1.29 is 0 Å². The van der Waals surface area contributed by atoms with Crippen molar-refractivity contribution in [1.82, 2.24) is 9.80 Å². The summed E-state index contributed by atoms with van der Waals surface area (Å²) in [4.78, 5) is 5.36. The molecular formula is C17H26N2. The second kappa shape index (κ2) is 6.06. The molecule has 0 N–H and O–H groups in total. The number of aryl methyl sites for hydroxylation is 1. The molecule has 2 saturated heterocycles. The van der Waals surface area contributed by atoms with Gasteiger partial charge in [0, 0.05) is 19.1 Å². The molecular weight excluding hydrogens is 232 g/mol. The Labute approximate surface area is 117 Å². The Morgan fingerprint density at radius 3 is 2.47 bits per heavy atom. The van der Waals surface area contributed by atoms with Gasteiger partial charge in [-0.2, -0.15) is 0 Å². The molecule has 0 spiro atoms. The molecule has 1 aromatic rings. The number of rotatable bonds is 4. The Morgan fingerprint density at radius 2 is 1.74 bits per heavy atom. The van der Waals surface area contributed by atoms with E-state index in [1.54, 1.807) is 0 Å². The van der Waals surface area contributed by atoms with Gasteiger partial charge in [-0.05, 0) is 57.8 Å². The Morgan fingerprint density at radius 1 is 1.00 bits per heavy atom. The molecule has 0 saturated carbocycles. The first kappa shape index (κ1) is 13.1. The lowest BCUT2D eigenvalue weighted by Crippen LogP contribution is -2.38. The van der Waals surface area contributed by atoms with Crippen LogP contribution in [0.4, 0.5) is 0 Å². The van der Waals surface area contributed by atoms with Gasteiger partial charge in [0.05, 0.1) is 0 Å². The van der Waals surface area contributed by atoms with Crippen LogP contribution in [0.15, 0.2) is 24.3 Å². The topological polar surface area (TPSA) is 6.48 Å². The van der Waals surface area contributed by atoms with Gasteiger partial charge in [0.25, 0.3) is 0 Å². The van der Waals surface area contributed by atoms with Crippen molar-refractivity contribution in [2.75, 3.05) is 26.2 Å². The highest BCUT2D eigenvalue weighted by Gasteiger charge is 2.27. The standard InChI is InChI=1S/C17H26N2/c1-15-6-8-16(9-7-15)13-19-12-4-5-17(19)14-18-10-2-3-11-18/h6-9,17H,2-5,10-14H2,1H3. The zero-order chi connectivity index (χ0) is 13.1. The summed E-state index contributed by atoms with van der Waals surface area (Å²) in [7, 11) is 0. The van der Waals surface area contributed by atoms with E-state index in [0.29, 0.717) is 0 Å². The molecule has 1 unspecified atom stereocenters. The van der Waals surface area contributed by atoms with E-state index in [1.165, 1.54) is 63.0 Å². The summed E-state index contributed by atoms with van der Waals surface area (Å²) >= 11 is 0. The van der Waals surface area contributed by atoms with Gasteiger partial charge in [0.2, 0.25) is 0 Å². The normalized spacial score (nSPS) is 25.2. The molecule has 2 heteroatoms. The number of likely N-dealkylation sites (tertiary alicyclic amines) is 2. The fraction of sp³-hybridized carbons (Fsp3) is 0.647. The van der Waals surface area contributed by atoms with E-state index >= 15 is 0 Å². The Balaban J connectivity index is 1.57. The molecule has 104 valence electrons. The summed E-state index contributed by atoms with van der Waals surface area (Å²) in [6, 6.07) is 9.85. The second-order valence-corrected chi connectivity index (χ2v) is 6.26. The number of nitrogens with zero attached hydrogens (tertiary/aromatic N) is 2. The van der Waals surface area contributed by atoms with Crippen LogP contribution in [0.3, 0.4) is 0 Å². The van der Waals surface area contributed by atoms with Crippen LogP contribution in [0.1, 0.15) is 36.8 Å². The maximum Gasteiger partial charge on any atom is 0.0237 e. The number of benzene rings is 1. The molecule has 2 aliphatic rings. The summed E-state index contributed by atoms with van der Waals surface area (Å²) in [6.07, 6.45) is 5.59. The van der Waals surface area contributed by atoms with Gasteiger partial charge in [-0.3, -0.25) is 4.90 Å². The second-order valence-electron chi connectivity index (χ2n) is 6.26. The van der Waals surface area contributed by atoms with Crippen LogP contribution in [0.25, 0.3) is 0 Å². The highest BCUT2D eigenvalue weighted by molar-refractivity contribution is 5.21. The minimum absolute atomic E-state index is 0.791. The van der Waals surface area contributed by atoms with E-state index in [2.05, 4.69) is 41.0 Å². The van der Waals surface area contributed by atoms with E-state index in [-0.39, 0.29) is 0 Å². The molecule has 19 heavy (non-hydrogen) atoms. The molecule has 0 aromatic heterocycles. The Hall–Kier alpha value is -0.860. The first-order chi connectivity index (χ1) is 9.31. The summed E-state index contributed by atoms with van der Waals surface area (Å²) in [5.41, 5.74) is 2.83. The van der Waals surface area contributed by atoms with Gasteiger partial charge in [-0.1, -0.05) is 29.8 Å². The predicted molar refractivity (Wildman–Crippen MR) is 80.3 cm³/mol. The van der Waals surface area contributed by atoms with Gasteiger partial charge < -0.3 is 4.90 Å². The Kier molecular flexibility index (Phi) is 4.19. The predicted octanol–water partition coefficient (Wildman–Crippen LogP) is 3.06. The molecule has 2 nitrogen and oxygen atoms in total. The highest BCUT2D eigenvalue weighted by atomic mass is 15.2. The molecule has 0 amide bonds. The van der Waals surface area contributed by atoms with Crippen LogP contribution in [0, 0.1) is 6.92 Å². The third-order valence-electron chi connectivity index (χ3n) is 4.67. The zero-order valence-electron chi connectivity index (χ0n) is 12.1. The Bertz CT molecular complexity index is 392. The molecule has 1 atom stereocenters. The third kappa shape index (κ3) is 3.37. The van der Waals surface area contributed by atoms with Crippen LogP contribution in [0.2, 0.25) is 0 Å². The molecule has 0 aliphatic carbocycles. The van der Waals surface area contributed by atoms with Crippen molar-refractivity contribution in [3.05, 3.63) is 35.4 Å². The molecule has 1 aromatic carbocycles. The van der Waals surface area contributed by atoms with E-state index < -0.39 is 0 Å². The van der Waals surface area contributed by atoms with Gasteiger partial charge in [0.1, 0.15) is 0 Å². The summed E-state index contributed by atoms with van der Waals surface area (Å²) in [5, 5.41) is 0. The smallest absolute Gasteiger partial charge is 0.0237 e. The number of hydrogen-bond donors (Lipinski definition) is 0. The van der Waals surface area contributed by atoms with E-state index in [9.17, 15) is 0 Å². The fourth-order valence-corrected chi connectivity index (χ4v) is 3.50. The van der Waals surface area contributed by atoms with Gasteiger partial charge >= 0.3 is 0 Å². The quantitative estimate of drug-likeness (QED) is 0.819. The average Bonchev–Trinajstić information content (AvgIpc) is 3.06. The van der Waals surface area contributed by atoms with Crippen molar-refractivity contribution in [3.8, 4) is 0 Å². The molecule has 2 heterocycles. The monoisotopic (exact) mass is 258 g/mol. The van der Waals surface area contributed by atoms with Crippen molar-refractivity contribution in [2.45, 2.75) is 45.2 Å². The van der Waals surface area contributed by atoms with Crippen molar-refractivity contribution in [1.29, 1.82) is 0 Å². The summed E-state index contributed by atoms with van der Waals surface area (Å²) < 4.78 is 0. The van der Waals surface area contributed by atoms with Crippen LogP contribution in [-0.2, 0) is 6.54 Å². The van der Waals surface area contributed by atoms with Gasteiger partial charge in [0.15, 0.2) is 0 Å². The minimum Gasteiger partial charge on any atom is -0.302 e. The maximum atomic E-state index is 2.70. The van der Waals surface area contributed by atoms with E-state index in [1.807, 2.05) is 0 Å². The largest absolute Gasteiger partial charge is 0.302 e. The zero-order valence-corrected chi connectivity index (χ0v) is 12.1. The van der Waals surface area contributed by atoms with Crippen LogP contribution < -0.4 is 0 Å². The maximum absolute atomic E-state index is 2.70. The SMILES string of the molecule is Cc1ccc(CN2CCCC2CN2CCCC2)cc1. The fourth-order valence-electron chi connectivity index (χ4n) is 3.50. The highest BCUT2D eigenvalue weighted by Crippen LogP contribution is 2.22. The number of hydrogen-bond acceptors (Lipinski definition) is 2.